The molecule has 0 aromatic carbocycles. The first-order valence-corrected chi connectivity index (χ1v) is 6.45. The zero-order chi connectivity index (χ0) is 11.4. The zero-order valence-electron chi connectivity index (χ0n) is 9.80. The lowest BCUT2D eigenvalue weighted by molar-refractivity contribution is 0.0500. The Hall–Kier alpha value is -0.770. The number of hydrogen-bond acceptors (Lipinski definition) is 2. The molecule has 2 saturated carbocycles. The van der Waals surface area contributed by atoms with Gasteiger partial charge in [0.1, 0.15) is 0 Å². The maximum absolute atomic E-state index is 11.6. The molecule has 4 nitrogen and oxygen atoms in total. The minimum absolute atomic E-state index is 0.118. The Balaban J connectivity index is 1.66. The SMILES string of the molecule is O=C(NCC1(O)CCCC1)NC1CCCC1. The maximum atomic E-state index is 11.6. The number of carbonyl (C=O) groups is 1. The molecule has 2 fully saturated rings. The number of amides is 2. The third kappa shape index (κ3) is 3.11. The highest BCUT2D eigenvalue weighted by Crippen LogP contribution is 2.28. The molecule has 92 valence electrons. The van der Waals surface area contributed by atoms with Gasteiger partial charge in [0.15, 0.2) is 0 Å². The summed E-state index contributed by atoms with van der Waals surface area (Å²) in [4.78, 5) is 11.6. The van der Waals surface area contributed by atoms with E-state index in [0.717, 1.165) is 38.5 Å². The van der Waals surface area contributed by atoms with Crippen molar-refractivity contribution in [2.75, 3.05) is 6.54 Å². The van der Waals surface area contributed by atoms with E-state index in [1.165, 1.54) is 12.8 Å². The summed E-state index contributed by atoms with van der Waals surface area (Å²) >= 11 is 0. The fourth-order valence-corrected chi connectivity index (χ4v) is 2.76. The molecule has 0 bridgehead atoms. The molecule has 0 heterocycles. The van der Waals surface area contributed by atoms with Crippen molar-refractivity contribution in [3.63, 3.8) is 0 Å². The van der Waals surface area contributed by atoms with Crippen LogP contribution < -0.4 is 10.6 Å². The zero-order valence-corrected chi connectivity index (χ0v) is 9.80. The highest BCUT2D eigenvalue weighted by molar-refractivity contribution is 5.74. The minimum Gasteiger partial charge on any atom is -0.388 e. The van der Waals surface area contributed by atoms with E-state index in [9.17, 15) is 9.90 Å². The molecule has 2 aliphatic carbocycles. The Bertz CT molecular complexity index is 243. The highest BCUT2D eigenvalue weighted by Gasteiger charge is 2.31. The van der Waals surface area contributed by atoms with E-state index in [0.29, 0.717) is 12.6 Å². The molecule has 3 N–H and O–H groups in total. The summed E-state index contributed by atoms with van der Waals surface area (Å²) < 4.78 is 0. The van der Waals surface area contributed by atoms with Gasteiger partial charge in [0.2, 0.25) is 0 Å². The van der Waals surface area contributed by atoms with Gasteiger partial charge in [0, 0.05) is 12.6 Å². The van der Waals surface area contributed by atoms with E-state index in [1.807, 2.05) is 0 Å². The first kappa shape index (κ1) is 11.7. The lowest BCUT2D eigenvalue weighted by atomic mass is 10.0. The number of rotatable bonds is 3. The second-order valence-electron chi connectivity index (χ2n) is 5.24. The number of hydrogen-bond donors (Lipinski definition) is 3. The standard InChI is InChI=1S/C12H22N2O2/c15-11(14-10-5-1-2-6-10)13-9-12(16)7-3-4-8-12/h10,16H,1-9H2,(H2,13,14,15). The first-order valence-electron chi connectivity index (χ1n) is 6.45. The van der Waals surface area contributed by atoms with Crippen LogP contribution in [0.1, 0.15) is 51.4 Å². The number of nitrogens with one attached hydrogen (secondary N) is 2. The summed E-state index contributed by atoms with van der Waals surface area (Å²) in [5.41, 5.74) is -0.646. The molecule has 0 aromatic heterocycles. The second kappa shape index (κ2) is 5.04. The highest BCUT2D eigenvalue weighted by atomic mass is 16.3. The van der Waals surface area contributed by atoms with E-state index in [2.05, 4.69) is 10.6 Å². The Morgan fingerprint density at radius 1 is 1.19 bits per heavy atom. The molecule has 0 aromatic rings. The average molecular weight is 226 g/mol. The van der Waals surface area contributed by atoms with Gasteiger partial charge in [-0.05, 0) is 25.7 Å². The molecule has 2 amide bonds. The van der Waals surface area contributed by atoms with Crippen molar-refractivity contribution in [2.24, 2.45) is 0 Å². The third-order valence-corrected chi connectivity index (χ3v) is 3.80. The van der Waals surface area contributed by atoms with E-state index >= 15 is 0 Å². The Labute approximate surface area is 96.8 Å². The molecule has 0 unspecified atom stereocenters. The summed E-state index contributed by atoms with van der Waals surface area (Å²) in [5, 5.41) is 15.8. The van der Waals surface area contributed by atoms with Crippen molar-refractivity contribution in [1.82, 2.24) is 10.6 Å². The van der Waals surface area contributed by atoms with Gasteiger partial charge in [-0.2, -0.15) is 0 Å². The van der Waals surface area contributed by atoms with Crippen LogP contribution in [0.2, 0.25) is 0 Å². The molecule has 4 heteroatoms. The van der Waals surface area contributed by atoms with Crippen molar-refractivity contribution < 1.29 is 9.90 Å². The van der Waals surface area contributed by atoms with Gasteiger partial charge in [-0.3, -0.25) is 0 Å². The van der Waals surface area contributed by atoms with Crippen LogP contribution in [0.25, 0.3) is 0 Å². The quantitative estimate of drug-likeness (QED) is 0.683. The number of urea groups is 1. The second-order valence-corrected chi connectivity index (χ2v) is 5.24. The van der Waals surface area contributed by atoms with Gasteiger partial charge in [-0.15, -0.1) is 0 Å². The van der Waals surface area contributed by atoms with Gasteiger partial charge >= 0.3 is 6.03 Å². The third-order valence-electron chi connectivity index (χ3n) is 3.80. The average Bonchev–Trinajstić information content (AvgIpc) is 2.88. The van der Waals surface area contributed by atoms with Crippen LogP contribution in [0.15, 0.2) is 0 Å². The van der Waals surface area contributed by atoms with Gasteiger partial charge < -0.3 is 15.7 Å². The minimum atomic E-state index is -0.646. The smallest absolute Gasteiger partial charge is 0.315 e. The van der Waals surface area contributed by atoms with Crippen molar-refractivity contribution in [3.05, 3.63) is 0 Å². The van der Waals surface area contributed by atoms with Crippen LogP contribution in [0, 0.1) is 0 Å². The summed E-state index contributed by atoms with van der Waals surface area (Å²) in [7, 11) is 0. The van der Waals surface area contributed by atoms with Crippen LogP contribution in [0.5, 0.6) is 0 Å². The predicted octanol–water partition coefficient (Wildman–Crippen LogP) is 1.53. The van der Waals surface area contributed by atoms with Gasteiger partial charge in [-0.25, -0.2) is 4.79 Å². The lowest BCUT2D eigenvalue weighted by Crippen LogP contribution is -2.47. The molecule has 0 aliphatic heterocycles. The summed E-state index contributed by atoms with van der Waals surface area (Å²) in [6.45, 7) is 0.394. The molecular formula is C12H22N2O2. The predicted molar refractivity (Wildman–Crippen MR) is 62.2 cm³/mol. The number of aliphatic hydroxyl groups is 1. The molecule has 0 radical (unpaired) electrons. The summed E-state index contributed by atoms with van der Waals surface area (Å²) in [5.74, 6) is 0. The molecule has 0 spiro atoms. The van der Waals surface area contributed by atoms with E-state index in [-0.39, 0.29) is 6.03 Å². The fourth-order valence-electron chi connectivity index (χ4n) is 2.76. The van der Waals surface area contributed by atoms with E-state index < -0.39 is 5.60 Å². The van der Waals surface area contributed by atoms with Crippen molar-refractivity contribution in [2.45, 2.75) is 63.0 Å². The van der Waals surface area contributed by atoms with Crippen molar-refractivity contribution >= 4 is 6.03 Å². The van der Waals surface area contributed by atoms with Crippen LogP contribution in [-0.4, -0.2) is 29.3 Å². The van der Waals surface area contributed by atoms with E-state index in [1.54, 1.807) is 0 Å². The Kier molecular flexibility index (Phi) is 3.69. The van der Waals surface area contributed by atoms with Gasteiger partial charge in [0.25, 0.3) is 0 Å². The number of carbonyl (C=O) groups excluding carboxylic acids is 1. The molecule has 2 rings (SSSR count). The normalized spacial score (nSPS) is 24.6. The fraction of sp³-hybridized carbons (Fsp3) is 0.917. The molecular weight excluding hydrogens is 204 g/mol. The Morgan fingerprint density at radius 3 is 2.44 bits per heavy atom. The first-order chi connectivity index (χ1) is 7.68. The summed E-state index contributed by atoms with van der Waals surface area (Å²) in [6, 6.07) is 0.227. The maximum Gasteiger partial charge on any atom is 0.315 e. The summed E-state index contributed by atoms with van der Waals surface area (Å²) in [6.07, 6.45) is 8.40. The topological polar surface area (TPSA) is 61.4 Å². The van der Waals surface area contributed by atoms with Gasteiger partial charge in [-0.1, -0.05) is 25.7 Å². The van der Waals surface area contributed by atoms with E-state index in [4.69, 9.17) is 0 Å². The van der Waals surface area contributed by atoms with Crippen LogP contribution >= 0.6 is 0 Å². The monoisotopic (exact) mass is 226 g/mol. The van der Waals surface area contributed by atoms with Crippen LogP contribution in [-0.2, 0) is 0 Å². The van der Waals surface area contributed by atoms with Gasteiger partial charge in [0.05, 0.1) is 5.60 Å². The molecule has 0 saturated heterocycles. The lowest BCUT2D eigenvalue weighted by Gasteiger charge is -2.23. The van der Waals surface area contributed by atoms with Crippen LogP contribution in [0.4, 0.5) is 4.79 Å². The largest absolute Gasteiger partial charge is 0.388 e. The molecule has 16 heavy (non-hydrogen) atoms. The van der Waals surface area contributed by atoms with Crippen LogP contribution in [0.3, 0.4) is 0 Å². The Morgan fingerprint density at radius 2 is 1.81 bits per heavy atom. The molecule has 0 atom stereocenters. The van der Waals surface area contributed by atoms with Crippen molar-refractivity contribution in [1.29, 1.82) is 0 Å². The molecule has 2 aliphatic rings. The van der Waals surface area contributed by atoms with Crippen molar-refractivity contribution in [3.8, 4) is 0 Å².